The van der Waals surface area contributed by atoms with Crippen LogP contribution in [-0.4, -0.2) is 47.6 Å². The first-order chi connectivity index (χ1) is 9.34. The smallest absolute Gasteiger partial charge is 0.337 e. The van der Waals surface area contributed by atoms with E-state index in [1.165, 1.54) is 24.3 Å². The Bertz CT molecular complexity index is 659. The van der Waals surface area contributed by atoms with Crippen LogP contribution in [0.3, 0.4) is 0 Å². The van der Waals surface area contributed by atoms with Crippen LogP contribution >= 0.6 is 0 Å². The average molecular weight is 297 g/mol. The van der Waals surface area contributed by atoms with E-state index in [9.17, 15) is 18.3 Å². The van der Waals surface area contributed by atoms with Gasteiger partial charge in [0.05, 0.1) is 16.1 Å². The first-order valence-electron chi connectivity index (χ1n) is 6.39. The Morgan fingerprint density at radius 3 is 2.40 bits per heavy atom. The fourth-order valence-corrected chi connectivity index (χ4v) is 4.37. The molecule has 1 aromatic carbocycles. The standard InChI is InChI=1S/C13H15NO5S/c15-12(16)10-3-1-2-4-11(10)20(18,19)14-7-13(17,8-14)9-5-6-9/h1-4,9,17H,5-8H2,(H,15,16). The van der Waals surface area contributed by atoms with Gasteiger partial charge in [0.15, 0.2) is 0 Å². The Hall–Kier alpha value is -1.44. The van der Waals surface area contributed by atoms with Crippen molar-refractivity contribution in [3.63, 3.8) is 0 Å². The number of carboxylic acid groups (broad SMARTS) is 1. The molecule has 0 amide bonds. The maximum Gasteiger partial charge on any atom is 0.337 e. The van der Waals surface area contributed by atoms with Crippen molar-refractivity contribution < 1.29 is 23.4 Å². The largest absolute Gasteiger partial charge is 0.478 e. The number of hydrogen-bond acceptors (Lipinski definition) is 4. The lowest BCUT2D eigenvalue weighted by Gasteiger charge is -2.45. The third kappa shape index (κ3) is 2.02. The Kier molecular flexibility index (Phi) is 2.89. The summed E-state index contributed by atoms with van der Waals surface area (Å²) < 4.78 is 26.0. The second-order valence-corrected chi connectivity index (χ2v) is 7.36. The van der Waals surface area contributed by atoms with E-state index in [0.717, 1.165) is 17.1 Å². The molecular formula is C13H15NO5S. The molecule has 0 unspecified atom stereocenters. The van der Waals surface area contributed by atoms with Gasteiger partial charge in [-0.05, 0) is 30.9 Å². The number of carboxylic acids is 1. The molecule has 20 heavy (non-hydrogen) atoms. The van der Waals surface area contributed by atoms with Crippen LogP contribution in [0.15, 0.2) is 29.2 Å². The van der Waals surface area contributed by atoms with Crippen molar-refractivity contribution >= 4 is 16.0 Å². The summed E-state index contributed by atoms with van der Waals surface area (Å²) in [7, 11) is -3.86. The zero-order valence-corrected chi connectivity index (χ0v) is 11.5. The van der Waals surface area contributed by atoms with Gasteiger partial charge in [-0.1, -0.05) is 12.1 Å². The first-order valence-corrected chi connectivity index (χ1v) is 7.83. The van der Waals surface area contributed by atoms with E-state index in [0.29, 0.717) is 0 Å². The van der Waals surface area contributed by atoms with Crippen LogP contribution < -0.4 is 0 Å². The maximum absolute atomic E-state index is 12.4. The molecule has 7 heteroatoms. The predicted molar refractivity (Wildman–Crippen MR) is 69.8 cm³/mol. The van der Waals surface area contributed by atoms with Crippen molar-refractivity contribution in [3.8, 4) is 0 Å². The maximum atomic E-state index is 12.4. The summed E-state index contributed by atoms with van der Waals surface area (Å²) in [5.41, 5.74) is -1.17. The molecule has 0 bridgehead atoms. The van der Waals surface area contributed by atoms with Crippen LogP contribution in [0.4, 0.5) is 0 Å². The van der Waals surface area contributed by atoms with Crippen LogP contribution in [0.5, 0.6) is 0 Å². The van der Waals surface area contributed by atoms with Gasteiger partial charge in [0.25, 0.3) is 0 Å². The van der Waals surface area contributed by atoms with Crippen LogP contribution in [0, 0.1) is 5.92 Å². The number of carbonyl (C=O) groups is 1. The summed E-state index contributed by atoms with van der Waals surface area (Å²) in [6.07, 6.45) is 1.85. The molecule has 1 saturated heterocycles. The van der Waals surface area contributed by atoms with Gasteiger partial charge in [0, 0.05) is 13.1 Å². The predicted octanol–water partition coefficient (Wildman–Crippen LogP) is 0.530. The molecular weight excluding hydrogens is 282 g/mol. The first kappa shape index (κ1) is 13.5. The van der Waals surface area contributed by atoms with Crippen molar-refractivity contribution in [1.82, 2.24) is 4.31 Å². The highest BCUT2D eigenvalue weighted by molar-refractivity contribution is 7.89. The number of benzene rings is 1. The molecule has 1 aromatic rings. The Morgan fingerprint density at radius 1 is 1.25 bits per heavy atom. The SMILES string of the molecule is O=C(O)c1ccccc1S(=O)(=O)N1CC(O)(C2CC2)C1. The van der Waals surface area contributed by atoms with E-state index in [4.69, 9.17) is 5.11 Å². The van der Waals surface area contributed by atoms with Gasteiger partial charge in [-0.25, -0.2) is 13.2 Å². The van der Waals surface area contributed by atoms with Gasteiger partial charge < -0.3 is 10.2 Å². The molecule has 2 aliphatic rings. The fraction of sp³-hybridized carbons (Fsp3) is 0.462. The second-order valence-electron chi connectivity index (χ2n) is 5.45. The Labute approximate surface area is 116 Å². The monoisotopic (exact) mass is 297 g/mol. The molecule has 2 fully saturated rings. The van der Waals surface area contributed by atoms with E-state index in [1.807, 2.05) is 0 Å². The van der Waals surface area contributed by atoms with Crippen molar-refractivity contribution in [2.24, 2.45) is 5.92 Å². The molecule has 1 aliphatic heterocycles. The van der Waals surface area contributed by atoms with E-state index < -0.39 is 21.6 Å². The minimum Gasteiger partial charge on any atom is -0.478 e. The van der Waals surface area contributed by atoms with Crippen LogP contribution in [0.2, 0.25) is 0 Å². The fourth-order valence-electron chi connectivity index (χ4n) is 2.62. The van der Waals surface area contributed by atoms with E-state index >= 15 is 0 Å². The summed E-state index contributed by atoms with van der Waals surface area (Å²) in [6.45, 7) is 0.0991. The highest BCUT2D eigenvalue weighted by atomic mass is 32.2. The van der Waals surface area contributed by atoms with E-state index in [2.05, 4.69) is 0 Å². The summed E-state index contributed by atoms with van der Waals surface area (Å²) in [5, 5.41) is 19.3. The third-order valence-corrected chi connectivity index (χ3v) is 5.82. The number of nitrogens with zero attached hydrogens (tertiary/aromatic N) is 1. The van der Waals surface area contributed by atoms with Gasteiger partial charge in [0.2, 0.25) is 10.0 Å². The molecule has 6 nitrogen and oxygen atoms in total. The number of aromatic carboxylic acids is 1. The van der Waals surface area contributed by atoms with Gasteiger partial charge in [-0.15, -0.1) is 0 Å². The second kappa shape index (κ2) is 4.28. The molecule has 108 valence electrons. The number of hydrogen-bond donors (Lipinski definition) is 2. The van der Waals surface area contributed by atoms with Crippen LogP contribution in [0.25, 0.3) is 0 Å². The van der Waals surface area contributed by atoms with Crippen molar-refractivity contribution in [2.75, 3.05) is 13.1 Å². The highest BCUT2D eigenvalue weighted by Crippen LogP contribution is 2.46. The lowest BCUT2D eigenvalue weighted by molar-refractivity contribution is -0.0764. The summed E-state index contributed by atoms with van der Waals surface area (Å²) in [6, 6.07) is 5.53. The summed E-state index contributed by atoms with van der Waals surface area (Å²) >= 11 is 0. The lowest BCUT2D eigenvalue weighted by atomic mass is 9.91. The minimum atomic E-state index is -3.86. The van der Waals surface area contributed by atoms with Crippen LogP contribution in [-0.2, 0) is 10.0 Å². The van der Waals surface area contributed by atoms with E-state index in [-0.39, 0.29) is 29.5 Å². The third-order valence-electron chi connectivity index (χ3n) is 3.97. The normalized spacial score (nSPS) is 22.2. The molecule has 3 rings (SSSR count). The lowest BCUT2D eigenvalue weighted by Crippen LogP contribution is -2.64. The van der Waals surface area contributed by atoms with Gasteiger partial charge >= 0.3 is 5.97 Å². The molecule has 0 spiro atoms. The molecule has 0 atom stereocenters. The zero-order chi connectivity index (χ0) is 14.5. The van der Waals surface area contributed by atoms with Crippen molar-refractivity contribution in [2.45, 2.75) is 23.3 Å². The highest BCUT2D eigenvalue weighted by Gasteiger charge is 2.55. The molecule has 1 heterocycles. The molecule has 0 aromatic heterocycles. The quantitative estimate of drug-likeness (QED) is 0.845. The number of aliphatic hydroxyl groups is 1. The summed E-state index contributed by atoms with van der Waals surface area (Å²) in [4.78, 5) is 10.9. The number of β-amino-alcohol motifs (C(OH)–C–C–N with tert-alkyl or cyclic N) is 1. The number of rotatable bonds is 4. The molecule has 1 aliphatic carbocycles. The average Bonchev–Trinajstić information content (AvgIpc) is 3.19. The number of sulfonamides is 1. The topological polar surface area (TPSA) is 94.9 Å². The van der Waals surface area contributed by atoms with Gasteiger partial charge in [0.1, 0.15) is 0 Å². The summed E-state index contributed by atoms with van der Waals surface area (Å²) in [5.74, 6) is -1.09. The molecule has 1 saturated carbocycles. The van der Waals surface area contributed by atoms with Crippen molar-refractivity contribution in [1.29, 1.82) is 0 Å². The zero-order valence-electron chi connectivity index (χ0n) is 10.7. The van der Waals surface area contributed by atoms with Crippen molar-refractivity contribution in [3.05, 3.63) is 29.8 Å². The molecule has 2 N–H and O–H groups in total. The minimum absolute atomic E-state index is 0.0496. The molecule has 0 radical (unpaired) electrons. The van der Waals surface area contributed by atoms with Gasteiger partial charge in [-0.3, -0.25) is 0 Å². The Balaban J connectivity index is 1.88. The van der Waals surface area contributed by atoms with Crippen LogP contribution in [0.1, 0.15) is 23.2 Å². The van der Waals surface area contributed by atoms with E-state index in [1.54, 1.807) is 0 Å². The Morgan fingerprint density at radius 2 is 1.85 bits per heavy atom. The van der Waals surface area contributed by atoms with Gasteiger partial charge in [-0.2, -0.15) is 4.31 Å².